The first-order valence-corrected chi connectivity index (χ1v) is 6.96. The highest BCUT2D eigenvalue weighted by Gasteiger charge is 2.33. The quantitative estimate of drug-likeness (QED) is 0.908. The molecular weight excluding hydrogens is 278 g/mol. The molecule has 0 radical (unpaired) electrons. The average molecular weight is 300 g/mol. The van der Waals surface area contributed by atoms with E-state index in [0.29, 0.717) is 18.2 Å². The Morgan fingerprint density at radius 2 is 1.95 bits per heavy atom. The van der Waals surface area contributed by atoms with Crippen LogP contribution >= 0.6 is 0 Å². The number of hydrogen-bond acceptors (Lipinski definition) is 4. The summed E-state index contributed by atoms with van der Waals surface area (Å²) in [5.41, 5.74) is 6.40. The minimum atomic E-state index is -2.58. The SMILES string of the molecule is COc1cc(OC)c(C2CC(CN)CN2C)cc1C(F)F. The smallest absolute Gasteiger partial charge is 0.267 e. The Balaban J connectivity index is 2.44. The molecule has 2 N–H and O–H groups in total. The van der Waals surface area contributed by atoms with Crippen molar-refractivity contribution in [2.45, 2.75) is 18.9 Å². The van der Waals surface area contributed by atoms with Gasteiger partial charge in [-0.2, -0.15) is 0 Å². The van der Waals surface area contributed by atoms with Gasteiger partial charge in [-0.1, -0.05) is 0 Å². The zero-order valence-corrected chi connectivity index (χ0v) is 12.6. The lowest BCUT2D eigenvalue weighted by Crippen LogP contribution is -2.21. The van der Waals surface area contributed by atoms with Crippen LogP contribution in [0.1, 0.15) is 30.0 Å². The molecular formula is C15H22F2N2O2. The highest BCUT2D eigenvalue weighted by molar-refractivity contribution is 5.49. The molecule has 1 saturated heterocycles. The summed E-state index contributed by atoms with van der Waals surface area (Å²) >= 11 is 0. The maximum atomic E-state index is 13.2. The van der Waals surface area contributed by atoms with Crippen LogP contribution in [0.15, 0.2) is 12.1 Å². The molecule has 0 aliphatic carbocycles. The van der Waals surface area contributed by atoms with Gasteiger partial charge in [-0.15, -0.1) is 0 Å². The van der Waals surface area contributed by atoms with Crippen molar-refractivity contribution in [3.05, 3.63) is 23.3 Å². The molecule has 21 heavy (non-hydrogen) atoms. The molecule has 0 aromatic heterocycles. The van der Waals surface area contributed by atoms with Crippen LogP contribution in [-0.2, 0) is 0 Å². The van der Waals surface area contributed by atoms with E-state index in [2.05, 4.69) is 4.90 Å². The van der Waals surface area contributed by atoms with E-state index in [0.717, 1.165) is 18.5 Å². The number of ether oxygens (including phenoxy) is 2. The zero-order chi connectivity index (χ0) is 15.6. The number of hydrogen-bond donors (Lipinski definition) is 1. The Bertz CT molecular complexity index is 497. The maximum absolute atomic E-state index is 13.2. The first kappa shape index (κ1) is 16.0. The lowest BCUT2D eigenvalue weighted by molar-refractivity contribution is 0.146. The van der Waals surface area contributed by atoms with E-state index in [1.165, 1.54) is 20.3 Å². The van der Waals surface area contributed by atoms with Gasteiger partial charge in [0.2, 0.25) is 0 Å². The molecule has 6 heteroatoms. The summed E-state index contributed by atoms with van der Waals surface area (Å²) in [5.74, 6) is 1.11. The van der Waals surface area contributed by atoms with Gasteiger partial charge < -0.3 is 15.2 Å². The minimum absolute atomic E-state index is 0.0388. The van der Waals surface area contributed by atoms with E-state index < -0.39 is 6.43 Å². The Kier molecular flexibility index (Phi) is 5.00. The van der Waals surface area contributed by atoms with Crippen molar-refractivity contribution >= 4 is 0 Å². The van der Waals surface area contributed by atoms with Gasteiger partial charge in [0.15, 0.2) is 0 Å². The molecule has 0 bridgehead atoms. The molecule has 1 heterocycles. The molecule has 2 atom stereocenters. The molecule has 0 saturated carbocycles. The second kappa shape index (κ2) is 6.58. The number of benzene rings is 1. The van der Waals surface area contributed by atoms with Crippen LogP contribution in [0.3, 0.4) is 0 Å². The van der Waals surface area contributed by atoms with E-state index in [1.54, 1.807) is 6.07 Å². The largest absolute Gasteiger partial charge is 0.496 e. The summed E-state index contributed by atoms with van der Waals surface area (Å²) in [6.45, 7) is 1.46. The third-order valence-electron chi connectivity index (χ3n) is 4.14. The predicted octanol–water partition coefficient (Wildman–Crippen LogP) is 2.59. The highest BCUT2D eigenvalue weighted by atomic mass is 19.3. The Morgan fingerprint density at radius 1 is 1.29 bits per heavy atom. The van der Waals surface area contributed by atoms with Crippen molar-refractivity contribution in [3.63, 3.8) is 0 Å². The van der Waals surface area contributed by atoms with Crippen LogP contribution in [-0.4, -0.2) is 39.3 Å². The molecule has 2 unspecified atom stereocenters. The van der Waals surface area contributed by atoms with Gasteiger partial charge in [-0.05, 0) is 32.0 Å². The molecule has 1 aromatic rings. The fourth-order valence-corrected chi connectivity index (χ4v) is 3.02. The fraction of sp³-hybridized carbons (Fsp3) is 0.600. The van der Waals surface area contributed by atoms with Gasteiger partial charge in [-0.3, -0.25) is 4.90 Å². The number of methoxy groups -OCH3 is 2. The van der Waals surface area contributed by atoms with Gasteiger partial charge in [0.25, 0.3) is 6.43 Å². The lowest BCUT2D eigenvalue weighted by Gasteiger charge is -2.23. The predicted molar refractivity (Wildman–Crippen MR) is 77.0 cm³/mol. The fourth-order valence-electron chi connectivity index (χ4n) is 3.02. The van der Waals surface area contributed by atoms with Crippen LogP contribution in [0.5, 0.6) is 11.5 Å². The van der Waals surface area contributed by atoms with E-state index in [4.69, 9.17) is 15.2 Å². The van der Waals surface area contributed by atoms with Crippen LogP contribution in [0.4, 0.5) is 8.78 Å². The number of likely N-dealkylation sites (tertiary alicyclic amines) is 1. The zero-order valence-electron chi connectivity index (χ0n) is 12.6. The molecule has 1 aliphatic rings. The summed E-state index contributed by atoms with van der Waals surface area (Å²) in [4.78, 5) is 2.14. The normalized spacial score (nSPS) is 22.8. The van der Waals surface area contributed by atoms with Crippen molar-refractivity contribution in [1.29, 1.82) is 0 Å². The molecule has 4 nitrogen and oxygen atoms in total. The van der Waals surface area contributed by atoms with Gasteiger partial charge in [0.1, 0.15) is 11.5 Å². The third-order valence-corrected chi connectivity index (χ3v) is 4.14. The summed E-state index contributed by atoms with van der Waals surface area (Å²) in [7, 11) is 4.90. The van der Waals surface area contributed by atoms with Crippen molar-refractivity contribution in [2.24, 2.45) is 11.7 Å². The maximum Gasteiger partial charge on any atom is 0.267 e. The van der Waals surface area contributed by atoms with Crippen molar-refractivity contribution in [3.8, 4) is 11.5 Å². The van der Waals surface area contributed by atoms with E-state index >= 15 is 0 Å². The van der Waals surface area contributed by atoms with Gasteiger partial charge >= 0.3 is 0 Å². The topological polar surface area (TPSA) is 47.7 Å². The van der Waals surface area contributed by atoms with Gasteiger partial charge in [-0.25, -0.2) is 8.78 Å². The summed E-state index contributed by atoms with van der Waals surface area (Å²) in [5, 5.41) is 0. The number of halogens is 2. The average Bonchev–Trinajstić information content (AvgIpc) is 2.86. The Morgan fingerprint density at radius 3 is 2.43 bits per heavy atom. The summed E-state index contributed by atoms with van der Waals surface area (Å²) in [6.07, 6.45) is -1.74. The molecule has 1 aliphatic heterocycles. The van der Waals surface area contributed by atoms with Crippen LogP contribution in [0, 0.1) is 5.92 Å². The number of alkyl halides is 2. The third kappa shape index (κ3) is 3.11. The number of nitrogens with two attached hydrogens (primary N) is 1. The minimum Gasteiger partial charge on any atom is -0.496 e. The molecule has 1 fully saturated rings. The van der Waals surface area contributed by atoms with Crippen LogP contribution in [0.25, 0.3) is 0 Å². The van der Waals surface area contributed by atoms with Crippen LogP contribution < -0.4 is 15.2 Å². The highest BCUT2D eigenvalue weighted by Crippen LogP contribution is 2.43. The summed E-state index contributed by atoms with van der Waals surface area (Å²) in [6, 6.07) is 3.08. The molecule has 1 aromatic carbocycles. The Labute approximate surface area is 123 Å². The van der Waals surface area contributed by atoms with Gasteiger partial charge in [0.05, 0.1) is 19.8 Å². The molecule has 0 amide bonds. The molecule has 2 rings (SSSR count). The number of rotatable bonds is 5. The monoisotopic (exact) mass is 300 g/mol. The first-order valence-electron chi connectivity index (χ1n) is 6.96. The molecule has 118 valence electrons. The van der Waals surface area contributed by atoms with Crippen molar-refractivity contribution in [1.82, 2.24) is 4.90 Å². The lowest BCUT2D eigenvalue weighted by atomic mass is 9.97. The summed E-state index contributed by atoms with van der Waals surface area (Å²) < 4.78 is 36.8. The van der Waals surface area contributed by atoms with E-state index in [-0.39, 0.29) is 17.4 Å². The second-order valence-corrected chi connectivity index (χ2v) is 5.43. The van der Waals surface area contributed by atoms with Crippen molar-refractivity contribution < 1.29 is 18.3 Å². The number of nitrogens with zero attached hydrogens (tertiary/aromatic N) is 1. The molecule has 0 spiro atoms. The van der Waals surface area contributed by atoms with Crippen LogP contribution in [0.2, 0.25) is 0 Å². The Hall–Kier alpha value is -1.40. The van der Waals surface area contributed by atoms with Crippen molar-refractivity contribution in [2.75, 3.05) is 34.4 Å². The second-order valence-electron chi connectivity index (χ2n) is 5.43. The van der Waals surface area contributed by atoms with E-state index in [1.807, 2.05) is 7.05 Å². The first-order chi connectivity index (χ1) is 10.0. The van der Waals surface area contributed by atoms with Gasteiger partial charge in [0, 0.05) is 24.2 Å². The van der Waals surface area contributed by atoms with E-state index in [9.17, 15) is 8.78 Å². The standard InChI is InChI=1S/C15H22F2N2O2/c1-19-8-9(7-18)4-12(19)10-5-11(15(16)17)14(21-3)6-13(10)20-2/h5-6,9,12,15H,4,7-8,18H2,1-3H3.